The third-order valence-electron chi connectivity index (χ3n) is 3.02. The molecule has 0 fully saturated rings. The van der Waals surface area contributed by atoms with Crippen molar-refractivity contribution in [1.82, 2.24) is 15.1 Å². The molecule has 0 bridgehead atoms. The number of hydrogen-bond acceptors (Lipinski definition) is 3. The fourth-order valence-electron chi connectivity index (χ4n) is 1.80. The smallest absolute Gasteiger partial charge is 0.471 e. The van der Waals surface area contributed by atoms with Crippen molar-refractivity contribution in [3.8, 4) is 0 Å². The summed E-state index contributed by atoms with van der Waals surface area (Å²) < 4.78 is 38.1. The van der Waals surface area contributed by atoms with Gasteiger partial charge in [-0.3, -0.25) is 19.8 Å². The topological polar surface area (TPSA) is 81.7 Å². The molecular weight excluding hydrogens is 366 g/mol. The Morgan fingerprint density at radius 2 is 1.58 bits per heavy atom. The van der Waals surface area contributed by atoms with E-state index in [1.807, 2.05) is 13.8 Å². The van der Waals surface area contributed by atoms with Gasteiger partial charge >= 0.3 is 18.1 Å². The van der Waals surface area contributed by atoms with Crippen LogP contribution >= 0.6 is 6.34 Å². The van der Waals surface area contributed by atoms with Gasteiger partial charge in [-0.1, -0.05) is 38.5 Å². The first kappa shape index (κ1) is 23.3. The Labute approximate surface area is 145 Å². The maximum absolute atomic E-state index is 12.7. The van der Waals surface area contributed by atoms with E-state index in [0.29, 0.717) is 13.1 Å². The number of carbonyl (C=O) groups is 2. The first-order chi connectivity index (χ1) is 11.1. The molecule has 0 aliphatic rings. The second-order valence-electron chi connectivity index (χ2n) is 5.30. The Bertz CT molecular complexity index is 449. The van der Waals surface area contributed by atoms with Crippen LogP contribution in [0.15, 0.2) is 0 Å². The zero-order valence-corrected chi connectivity index (χ0v) is 15.6. The highest BCUT2D eigenvalue weighted by Crippen LogP contribution is 2.38. The van der Waals surface area contributed by atoms with Crippen molar-refractivity contribution in [2.45, 2.75) is 45.7 Å². The Morgan fingerprint density at radius 1 is 1.12 bits per heavy atom. The highest BCUT2D eigenvalue weighted by atomic mass is 32.4. The quantitative estimate of drug-likeness (QED) is 0.350. The largest absolute Gasteiger partial charge is 0.480 e. The van der Waals surface area contributed by atoms with Crippen molar-refractivity contribution in [3.05, 3.63) is 0 Å². The van der Waals surface area contributed by atoms with E-state index >= 15 is 0 Å². The van der Waals surface area contributed by atoms with Gasteiger partial charge in [-0.25, -0.2) is 0 Å². The minimum Gasteiger partial charge on any atom is -0.480 e. The van der Waals surface area contributed by atoms with Crippen LogP contribution in [-0.4, -0.2) is 54.0 Å². The van der Waals surface area contributed by atoms with Gasteiger partial charge in [0.15, 0.2) is 0 Å². The molecule has 0 heterocycles. The number of amides is 1. The number of halogens is 3. The van der Waals surface area contributed by atoms with Crippen LogP contribution in [0.2, 0.25) is 0 Å². The molecular formula is C13H25F3N3O3PS. The second-order valence-corrected chi connectivity index (χ2v) is 9.56. The van der Waals surface area contributed by atoms with Crippen LogP contribution in [0.3, 0.4) is 0 Å². The molecule has 0 aliphatic heterocycles. The third kappa shape index (κ3) is 9.56. The van der Waals surface area contributed by atoms with Gasteiger partial charge in [0.2, 0.25) is 0 Å². The lowest BCUT2D eigenvalue weighted by Crippen LogP contribution is -2.46. The van der Waals surface area contributed by atoms with E-state index in [9.17, 15) is 22.8 Å². The molecule has 3 N–H and O–H groups in total. The van der Waals surface area contributed by atoms with Crippen molar-refractivity contribution < 1.29 is 27.9 Å². The Hall–Kier alpha value is -0.700. The predicted molar refractivity (Wildman–Crippen MR) is 90.4 cm³/mol. The number of carboxylic acid groups (broad SMARTS) is 1. The van der Waals surface area contributed by atoms with Crippen molar-refractivity contribution in [2.24, 2.45) is 0 Å². The number of carbonyl (C=O) groups excluding carboxylic acids is 1. The van der Waals surface area contributed by atoms with Crippen LogP contribution in [0.4, 0.5) is 13.2 Å². The number of aliphatic carboxylic acids is 1. The summed E-state index contributed by atoms with van der Waals surface area (Å²) in [6.45, 7) is 3.86. The highest BCUT2D eigenvalue weighted by Gasteiger charge is 2.44. The molecule has 6 nitrogen and oxygen atoms in total. The molecule has 0 aromatic carbocycles. The van der Waals surface area contributed by atoms with Crippen LogP contribution in [0.5, 0.6) is 0 Å². The molecule has 0 rings (SSSR count). The molecule has 142 valence electrons. The number of hydrogen-bond donors (Lipinski definition) is 3. The lowest BCUT2D eigenvalue weighted by atomic mass is 10.3. The molecule has 0 aromatic rings. The van der Waals surface area contributed by atoms with E-state index in [4.69, 9.17) is 16.9 Å². The van der Waals surface area contributed by atoms with Gasteiger partial charge in [-0.2, -0.15) is 13.2 Å². The van der Waals surface area contributed by atoms with E-state index < -0.39 is 37.2 Å². The molecule has 1 amide bonds. The summed E-state index contributed by atoms with van der Waals surface area (Å²) in [6.07, 6.45) is -5.05. The van der Waals surface area contributed by atoms with Crippen LogP contribution in [0, 0.1) is 0 Å². The maximum atomic E-state index is 12.7. The fourth-order valence-corrected chi connectivity index (χ4v) is 4.82. The Balaban J connectivity index is 5.20. The first-order valence-electron chi connectivity index (χ1n) is 7.73. The molecule has 0 radical (unpaired) electrons. The molecule has 24 heavy (non-hydrogen) atoms. The monoisotopic (exact) mass is 391 g/mol. The summed E-state index contributed by atoms with van der Waals surface area (Å²) in [5.41, 5.74) is 0. The van der Waals surface area contributed by atoms with E-state index in [-0.39, 0.29) is 4.90 Å². The summed E-state index contributed by atoms with van der Waals surface area (Å²) in [6, 6.07) is 0. The van der Waals surface area contributed by atoms with E-state index in [2.05, 4.69) is 10.2 Å². The Morgan fingerprint density at radius 3 is 1.92 bits per heavy atom. The van der Waals surface area contributed by atoms with Gasteiger partial charge in [0.25, 0.3) is 0 Å². The highest BCUT2D eigenvalue weighted by molar-refractivity contribution is 8.12. The van der Waals surface area contributed by atoms with E-state index in [0.717, 1.165) is 25.7 Å². The van der Waals surface area contributed by atoms with E-state index in [1.54, 1.807) is 0 Å². The molecule has 0 saturated carbocycles. The minimum atomic E-state index is -5.14. The standard InChI is InChI=1S/C13H25F3N3O3PS/c1-3-5-7-17-23(24,18-8-6-4-2)10-19(9-11(20)21)12(22)13(14,15)16/h3-10H2,1-2H3,(H,20,21)(H2,17,18,24). The lowest BCUT2D eigenvalue weighted by Gasteiger charge is -2.31. The molecule has 0 saturated heterocycles. The zero-order valence-electron chi connectivity index (χ0n) is 13.9. The van der Waals surface area contributed by atoms with Gasteiger partial charge < -0.3 is 10.0 Å². The van der Waals surface area contributed by atoms with Crippen molar-refractivity contribution in [3.63, 3.8) is 0 Å². The van der Waals surface area contributed by atoms with Crippen LogP contribution in [0.1, 0.15) is 39.5 Å². The SMILES string of the molecule is CCCCNP(=S)(CN(CC(=O)O)C(=O)C(F)(F)F)NCCCC. The van der Waals surface area contributed by atoms with E-state index in [1.165, 1.54) is 0 Å². The van der Waals surface area contributed by atoms with Gasteiger partial charge in [0.1, 0.15) is 6.54 Å². The number of carboxylic acids is 1. The van der Waals surface area contributed by atoms with Crippen molar-refractivity contribution in [2.75, 3.05) is 25.9 Å². The second kappa shape index (κ2) is 11.0. The van der Waals surface area contributed by atoms with Crippen molar-refractivity contribution in [1.29, 1.82) is 0 Å². The van der Waals surface area contributed by atoms with Gasteiger partial charge in [0, 0.05) is 13.1 Å². The van der Waals surface area contributed by atoms with Crippen LogP contribution in [0.25, 0.3) is 0 Å². The normalized spacial score (nSPS) is 12.2. The average Bonchev–Trinajstić information content (AvgIpc) is 2.45. The summed E-state index contributed by atoms with van der Waals surface area (Å²) >= 11 is 5.43. The van der Waals surface area contributed by atoms with Crippen LogP contribution in [-0.2, 0) is 21.4 Å². The van der Waals surface area contributed by atoms with Gasteiger partial charge in [-0.15, -0.1) is 0 Å². The summed E-state index contributed by atoms with van der Waals surface area (Å²) in [7, 11) is 0. The zero-order chi connectivity index (χ0) is 18.8. The summed E-state index contributed by atoms with van der Waals surface area (Å²) in [4.78, 5) is 22.6. The first-order valence-corrected chi connectivity index (χ1v) is 10.7. The summed E-state index contributed by atoms with van der Waals surface area (Å²) in [5, 5.41) is 14.9. The number of nitrogens with one attached hydrogen (secondary N) is 2. The number of nitrogens with zero attached hydrogens (tertiary/aromatic N) is 1. The predicted octanol–water partition coefficient (Wildman–Crippen LogP) is 2.51. The summed E-state index contributed by atoms with van der Waals surface area (Å²) in [5.74, 6) is -3.70. The fraction of sp³-hybridized carbons (Fsp3) is 0.846. The lowest BCUT2D eigenvalue weighted by molar-refractivity contribution is -0.185. The van der Waals surface area contributed by atoms with Crippen molar-refractivity contribution >= 4 is 30.0 Å². The Kier molecular flexibility index (Phi) is 10.7. The van der Waals surface area contributed by atoms with Gasteiger partial charge in [0.05, 0.1) is 12.6 Å². The number of unbranched alkanes of at least 4 members (excludes halogenated alkanes) is 2. The number of rotatable bonds is 12. The average molecular weight is 391 g/mol. The molecule has 0 aromatic heterocycles. The maximum Gasteiger partial charge on any atom is 0.471 e. The molecule has 0 atom stereocenters. The molecule has 11 heteroatoms. The van der Waals surface area contributed by atoms with Gasteiger partial charge in [-0.05, 0) is 12.8 Å². The molecule has 0 unspecified atom stereocenters. The number of alkyl halides is 3. The molecule has 0 aliphatic carbocycles. The molecule has 0 spiro atoms. The third-order valence-corrected chi connectivity index (χ3v) is 6.35. The van der Waals surface area contributed by atoms with Crippen LogP contribution < -0.4 is 10.2 Å². The minimum absolute atomic E-state index is 0.265.